The van der Waals surface area contributed by atoms with E-state index in [0.717, 1.165) is 35.8 Å². The van der Waals surface area contributed by atoms with Gasteiger partial charge in [0.25, 0.3) is 0 Å². The summed E-state index contributed by atoms with van der Waals surface area (Å²) in [5.74, 6) is -0.601. The third kappa shape index (κ3) is 5.42. The molecule has 0 bridgehead atoms. The van der Waals surface area contributed by atoms with Gasteiger partial charge in [0.15, 0.2) is 5.75 Å². The van der Waals surface area contributed by atoms with Gasteiger partial charge in [-0.05, 0) is 42.9 Å². The molecule has 4 rings (SSSR count). The lowest BCUT2D eigenvalue weighted by Crippen LogP contribution is -2.43. The number of amides is 1. The molecule has 1 atom stereocenters. The number of nitrogens with one attached hydrogen (secondary N) is 1. The van der Waals surface area contributed by atoms with E-state index in [1.807, 2.05) is 37.3 Å². The summed E-state index contributed by atoms with van der Waals surface area (Å²) in [7, 11) is 0. The third-order valence-corrected chi connectivity index (χ3v) is 6.17. The van der Waals surface area contributed by atoms with Crippen molar-refractivity contribution in [2.75, 3.05) is 0 Å². The summed E-state index contributed by atoms with van der Waals surface area (Å²) < 4.78 is 16.2. The van der Waals surface area contributed by atoms with Gasteiger partial charge in [-0.3, -0.25) is 0 Å². The number of ether oxygens (including phenoxy) is 2. The van der Waals surface area contributed by atoms with Crippen LogP contribution in [0.3, 0.4) is 0 Å². The summed E-state index contributed by atoms with van der Waals surface area (Å²) in [5, 5.41) is 3.57. The molecule has 0 aliphatic heterocycles. The molecule has 0 spiro atoms. The number of carbonyl (C=O) groups excluding carboxylic acids is 2. The number of fused-ring (bicyclic) bond motifs is 3. The van der Waals surface area contributed by atoms with E-state index >= 15 is 0 Å². The van der Waals surface area contributed by atoms with Gasteiger partial charge in [-0.1, -0.05) is 61.7 Å². The zero-order chi connectivity index (χ0) is 24.1. The summed E-state index contributed by atoms with van der Waals surface area (Å²) in [5.41, 5.74) is 2.41. The molecule has 1 aromatic heterocycles. The summed E-state index contributed by atoms with van der Waals surface area (Å²) in [4.78, 5) is 37.5. The van der Waals surface area contributed by atoms with Crippen LogP contribution in [-0.4, -0.2) is 18.1 Å². The number of rotatable bonds is 8. The largest absolute Gasteiger partial charge is 0.445 e. The minimum atomic E-state index is -0.915. The highest BCUT2D eigenvalue weighted by atomic mass is 35.5. The lowest BCUT2D eigenvalue weighted by atomic mass is 10.1. The molecular formula is C26H26ClNO6. The smallest absolute Gasteiger partial charge is 0.408 e. The Kier molecular flexibility index (Phi) is 7.53. The van der Waals surface area contributed by atoms with E-state index in [2.05, 4.69) is 5.32 Å². The van der Waals surface area contributed by atoms with Gasteiger partial charge in [-0.25, -0.2) is 14.4 Å². The fourth-order valence-electron chi connectivity index (χ4n) is 4.10. The highest BCUT2D eigenvalue weighted by molar-refractivity contribution is 6.33. The fourth-order valence-corrected chi connectivity index (χ4v) is 4.31. The van der Waals surface area contributed by atoms with Gasteiger partial charge in [-0.2, -0.15) is 0 Å². The lowest BCUT2D eigenvalue weighted by molar-refractivity contribution is -0.136. The topological polar surface area (TPSA) is 94.8 Å². The van der Waals surface area contributed by atoms with E-state index in [1.165, 1.54) is 6.07 Å². The Balaban J connectivity index is 1.48. The molecule has 0 radical (unpaired) electrons. The molecule has 7 nitrogen and oxygen atoms in total. The van der Waals surface area contributed by atoms with Gasteiger partial charge in [0.1, 0.15) is 18.2 Å². The lowest BCUT2D eigenvalue weighted by Gasteiger charge is -2.18. The van der Waals surface area contributed by atoms with Crippen molar-refractivity contribution in [3.63, 3.8) is 0 Å². The van der Waals surface area contributed by atoms with Crippen molar-refractivity contribution < 1.29 is 23.5 Å². The Morgan fingerprint density at radius 3 is 2.68 bits per heavy atom. The first-order valence-electron chi connectivity index (χ1n) is 11.4. The van der Waals surface area contributed by atoms with Crippen molar-refractivity contribution in [2.24, 2.45) is 0 Å². The maximum Gasteiger partial charge on any atom is 0.408 e. The van der Waals surface area contributed by atoms with Crippen LogP contribution in [0.2, 0.25) is 5.02 Å². The highest BCUT2D eigenvalue weighted by Gasteiger charge is 2.26. The SMILES string of the molecule is CCCC[C@@H](NC(=O)OCc1ccccc1)C(=O)Oc1cc2oc(=O)c3c(c2cc1Cl)CCC3. The number of alkyl carbamates (subject to hydrolysis) is 1. The quantitative estimate of drug-likeness (QED) is 0.264. The molecule has 2 aromatic carbocycles. The molecule has 1 heterocycles. The van der Waals surface area contributed by atoms with Gasteiger partial charge >= 0.3 is 17.7 Å². The molecule has 0 unspecified atom stereocenters. The van der Waals surface area contributed by atoms with Crippen LogP contribution in [0.25, 0.3) is 11.0 Å². The van der Waals surface area contributed by atoms with Crippen LogP contribution < -0.4 is 15.7 Å². The first-order valence-corrected chi connectivity index (χ1v) is 11.8. The number of hydrogen-bond donors (Lipinski definition) is 1. The van der Waals surface area contributed by atoms with Gasteiger partial charge in [0.2, 0.25) is 0 Å². The van der Waals surface area contributed by atoms with Crippen molar-refractivity contribution in [3.8, 4) is 5.75 Å². The highest BCUT2D eigenvalue weighted by Crippen LogP contribution is 2.35. The molecule has 0 saturated heterocycles. The Hall–Kier alpha value is -3.32. The second kappa shape index (κ2) is 10.7. The van der Waals surface area contributed by atoms with Crippen LogP contribution in [0, 0.1) is 0 Å². The molecule has 1 aliphatic carbocycles. The van der Waals surface area contributed by atoms with Crippen molar-refractivity contribution in [1.29, 1.82) is 0 Å². The van der Waals surface area contributed by atoms with Crippen molar-refractivity contribution in [2.45, 2.75) is 58.1 Å². The number of halogens is 1. The Bertz CT molecular complexity index is 1250. The van der Waals surface area contributed by atoms with E-state index < -0.39 is 18.1 Å². The molecule has 0 fully saturated rings. The fraction of sp³-hybridized carbons (Fsp3) is 0.346. The predicted molar refractivity (Wildman–Crippen MR) is 128 cm³/mol. The molecule has 8 heteroatoms. The second-order valence-corrected chi connectivity index (χ2v) is 8.71. The first-order chi connectivity index (χ1) is 16.5. The van der Waals surface area contributed by atoms with Gasteiger partial charge in [0, 0.05) is 17.0 Å². The van der Waals surface area contributed by atoms with Gasteiger partial charge in [-0.15, -0.1) is 0 Å². The number of hydrogen-bond acceptors (Lipinski definition) is 6. The molecule has 0 saturated carbocycles. The number of carbonyl (C=O) groups is 2. The molecule has 1 N–H and O–H groups in total. The zero-order valence-electron chi connectivity index (χ0n) is 18.9. The Morgan fingerprint density at radius 2 is 1.91 bits per heavy atom. The molecule has 3 aromatic rings. The molecule has 1 aliphatic rings. The van der Waals surface area contributed by atoms with E-state index in [4.69, 9.17) is 25.5 Å². The normalized spacial score (nSPS) is 13.4. The number of esters is 1. The molecule has 178 valence electrons. The standard InChI is InChI=1S/C26H26ClNO6/c1-2-3-12-21(28-26(31)32-15-16-8-5-4-6-9-16)25(30)34-23-14-22-19(13-20(23)27)17-10-7-11-18(17)24(29)33-22/h4-6,8-9,13-14,21H,2-3,7,10-12,15H2,1H3,(H,28,31)/t21-/m1/s1. The summed E-state index contributed by atoms with van der Waals surface area (Å²) in [6.45, 7) is 2.07. The van der Waals surface area contributed by atoms with Crippen LogP contribution in [0.1, 0.15) is 49.3 Å². The van der Waals surface area contributed by atoms with E-state index in [1.54, 1.807) is 6.07 Å². The predicted octanol–water partition coefficient (Wildman–Crippen LogP) is 5.33. The van der Waals surface area contributed by atoms with Crippen molar-refractivity contribution in [1.82, 2.24) is 5.32 Å². The molecule has 1 amide bonds. The molecular weight excluding hydrogens is 458 g/mol. The minimum absolute atomic E-state index is 0.0706. The second-order valence-electron chi connectivity index (χ2n) is 8.30. The van der Waals surface area contributed by atoms with Gasteiger partial charge < -0.3 is 19.2 Å². The van der Waals surface area contributed by atoms with E-state index in [9.17, 15) is 14.4 Å². The van der Waals surface area contributed by atoms with Crippen molar-refractivity contribution >= 4 is 34.6 Å². The summed E-state index contributed by atoms with van der Waals surface area (Å²) in [6.07, 6.45) is 3.55. The average Bonchev–Trinajstić information content (AvgIpc) is 3.33. The minimum Gasteiger partial charge on any atom is -0.445 e. The maximum absolute atomic E-state index is 12.9. The number of unbranched alkanes of at least 4 members (excludes halogenated alkanes) is 1. The maximum atomic E-state index is 12.9. The van der Waals surface area contributed by atoms with E-state index in [-0.39, 0.29) is 23.0 Å². The molecule has 34 heavy (non-hydrogen) atoms. The number of benzene rings is 2. The van der Waals surface area contributed by atoms with Gasteiger partial charge in [0.05, 0.1) is 5.02 Å². The van der Waals surface area contributed by atoms with Crippen LogP contribution in [0.4, 0.5) is 4.79 Å². The van der Waals surface area contributed by atoms with Crippen LogP contribution >= 0.6 is 11.6 Å². The summed E-state index contributed by atoms with van der Waals surface area (Å²) >= 11 is 6.41. The summed E-state index contributed by atoms with van der Waals surface area (Å²) in [6, 6.07) is 11.5. The van der Waals surface area contributed by atoms with Crippen molar-refractivity contribution in [3.05, 3.63) is 74.6 Å². The Labute approximate surface area is 202 Å². The first kappa shape index (κ1) is 23.8. The monoisotopic (exact) mass is 483 g/mol. The number of aryl methyl sites for hydroxylation is 1. The van der Waals surface area contributed by atoms with E-state index in [0.29, 0.717) is 30.4 Å². The Morgan fingerprint density at radius 1 is 1.15 bits per heavy atom. The average molecular weight is 484 g/mol. The van der Waals surface area contributed by atoms with Crippen LogP contribution in [0.5, 0.6) is 5.75 Å². The van der Waals surface area contributed by atoms with Crippen LogP contribution in [-0.2, 0) is 29.0 Å². The zero-order valence-corrected chi connectivity index (χ0v) is 19.7. The van der Waals surface area contributed by atoms with Crippen LogP contribution in [0.15, 0.2) is 51.7 Å². The third-order valence-electron chi connectivity index (χ3n) is 5.87.